The van der Waals surface area contributed by atoms with Gasteiger partial charge in [-0.2, -0.15) is 0 Å². The number of urea groups is 1. The number of rotatable bonds is 7. The molecule has 0 aliphatic carbocycles. The van der Waals surface area contributed by atoms with Crippen LogP contribution in [0.5, 0.6) is 11.5 Å². The van der Waals surface area contributed by atoms with Crippen LogP contribution in [-0.2, 0) is 6.42 Å². The van der Waals surface area contributed by atoms with E-state index in [1.165, 1.54) is 0 Å². The number of hydrogen-bond donors (Lipinski definition) is 2. The minimum absolute atomic E-state index is 0.157. The molecule has 6 heteroatoms. The van der Waals surface area contributed by atoms with Crippen molar-refractivity contribution >= 4 is 17.6 Å². The number of carbonyl (C=O) groups excluding carboxylic acids is 1. The molecule has 0 aliphatic heterocycles. The Morgan fingerprint density at radius 3 is 2.40 bits per heavy atom. The molecule has 0 saturated carbocycles. The molecule has 0 fully saturated rings. The Balaban J connectivity index is 1.84. The highest BCUT2D eigenvalue weighted by Gasteiger charge is 2.12. The highest BCUT2D eigenvalue weighted by atomic mass is 35.5. The van der Waals surface area contributed by atoms with Gasteiger partial charge in [-0.25, -0.2) is 4.79 Å². The van der Waals surface area contributed by atoms with Gasteiger partial charge in [-0.05, 0) is 48.7 Å². The summed E-state index contributed by atoms with van der Waals surface area (Å²) in [4.78, 5) is 12.0. The van der Waals surface area contributed by atoms with E-state index < -0.39 is 0 Å². The van der Waals surface area contributed by atoms with Crippen molar-refractivity contribution in [1.82, 2.24) is 10.6 Å². The van der Waals surface area contributed by atoms with Crippen LogP contribution in [0, 0.1) is 0 Å². The molecule has 134 valence electrons. The molecule has 0 aliphatic rings. The summed E-state index contributed by atoms with van der Waals surface area (Å²) in [6.07, 6.45) is 0.745. The molecule has 25 heavy (non-hydrogen) atoms. The van der Waals surface area contributed by atoms with Crippen LogP contribution in [0.3, 0.4) is 0 Å². The standard InChI is InChI=1S/C19H23ClN2O3/c1-13(15-6-9-17(24-2)18(12-15)25-3)22-19(23)21-11-10-14-4-7-16(20)8-5-14/h4-9,12-13H,10-11H2,1-3H3,(H2,21,22,23). The molecule has 2 aromatic rings. The van der Waals surface area contributed by atoms with Crippen molar-refractivity contribution in [2.24, 2.45) is 0 Å². The Hall–Kier alpha value is -2.40. The third kappa shape index (κ3) is 5.57. The lowest BCUT2D eigenvalue weighted by Gasteiger charge is -2.17. The number of amides is 2. The first kappa shape index (κ1) is 18.9. The van der Waals surface area contributed by atoms with Crippen LogP contribution in [0.2, 0.25) is 5.02 Å². The predicted molar refractivity (Wildman–Crippen MR) is 99.7 cm³/mol. The molecular weight excluding hydrogens is 340 g/mol. The van der Waals surface area contributed by atoms with Crippen molar-refractivity contribution in [3.8, 4) is 11.5 Å². The lowest BCUT2D eigenvalue weighted by atomic mass is 10.1. The number of benzene rings is 2. The number of ether oxygens (including phenoxy) is 2. The van der Waals surface area contributed by atoms with Gasteiger partial charge >= 0.3 is 6.03 Å². The number of methoxy groups -OCH3 is 2. The van der Waals surface area contributed by atoms with E-state index in [1.807, 2.05) is 49.4 Å². The minimum atomic E-state index is -0.212. The Bertz CT molecular complexity index is 704. The summed E-state index contributed by atoms with van der Waals surface area (Å²) in [6, 6.07) is 12.8. The maximum absolute atomic E-state index is 12.0. The molecule has 0 saturated heterocycles. The van der Waals surface area contributed by atoms with Gasteiger partial charge in [0.05, 0.1) is 20.3 Å². The first-order valence-electron chi connectivity index (χ1n) is 8.04. The maximum atomic E-state index is 12.0. The molecular formula is C19H23ClN2O3. The van der Waals surface area contributed by atoms with Crippen molar-refractivity contribution in [2.45, 2.75) is 19.4 Å². The van der Waals surface area contributed by atoms with E-state index in [-0.39, 0.29) is 12.1 Å². The normalized spacial score (nSPS) is 11.5. The van der Waals surface area contributed by atoms with E-state index in [1.54, 1.807) is 14.2 Å². The predicted octanol–water partition coefficient (Wildman–Crippen LogP) is 3.96. The summed E-state index contributed by atoms with van der Waals surface area (Å²) in [5.41, 5.74) is 2.06. The first-order valence-corrected chi connectivity index (χ1v) is 8.42. The SMILES string of the molecule is COc1ccc(C(C)NC(=O)NCCc2ccc(Cl)cc2)cc1OC. The highest BCUT2D eigenvalue weighted by molar-refractivity contribution is 6.30. The maximum Gasteiger partial charge on any atom is 0.315 e. The topological polar surface area (TPSA) is 59.6 Å². The Labute approximate surface area is 153 Å². The van der Waals surface area contributed by atoms with Gasteiger partial charge < -0.3 is 20.1 Å². The molecule has 5 nitrogen and oxygen atoms in total. The van der Waals surface area contributed by atoms with E-state index in [0.29, 0.717) is 23.1 Å². The quantitative estimate of drug-likeness (QED) is 0.783. The average Bonchev–Trinajstić information content (AvgIpc) is 2.62. The molecule has 0 spiro atoms. The van der Waals surface area contributed by atoms with E-state index >= 15 is 0 Å². The number of hydrogen-bond acceptors (Lipinski definition) is 3. The van der Waals surface area contributed by atoms with Crippen LogP contribution in [0.4, 0.5) is 4.79 Å². The third-order valence-electron chi connectivity index (χ3n) is 3.87. The van der Waals surface area contributed by atoms with Crippen molar-refractivity contribution in [3.63, 3.8) is 0 Å². The van der Waals surface area contributed by atoms with E-state index in [9.17, 15) is 4.79 Å². The zero-order valence-corrected chi connectivity index (χ0v) is 15.4. The second kappa shape index (κ2) is 9.18. The van der Waals surface area contributed by atoms with Crippen LogP contribution >= 0.6 is 11.6 Å². The first-order chi connectivity index (χ1) is 12.0. The lowest BCUT2D eigenvalue weighted by Crippen LogP contribution is -2.38. The summed E-state index contributed by atoms with van der Waals surface area (Å²) in [7, 11) is 3.18. The van der Waals surface area contributed by atoms with Gasteiger partial charge in [-0.15, -0.1) is 0 Å². The number of nitrogens with one attached hydrogen (secondary N) is 2. The second-order valence-corrected chi connectivity index (χ2v) is 6.05. The number of halogens is 1. The summed E-state index contributed by atoms with van der Waals surface area (Å²) < 4.78 is 10.5. The fourth-order valence-electron chi connectivity index (χ4n) is 2.42. The molecule has 1 atom stereocenters. The van der Waals surface area contributed by atoms with Crippen molar-refractivity contribution < 1.29 is 14.3 Å². The molecule has 2 rings (SSSR count). The number of carbonyl (C=O) groups is 1. The molecule has 0 radical (unpaired) electrons. The second-order valence-electron chi connectivity index (χ2n) is 5.61. The summed E-state index contributed by atoms with van der Waals surface area (Å²) in [6.45, 7) is 2.46. The van der Waals surface area contributed by atoms with E-state index in [2.05, 4.69) is 10.6 Å². The van der Waals surface area contributed by atoms with Gasteiger partial charge in [0.25, 0.3) is 0 Å². The van der Waals surface area contributed by atoms with Gasteiger partial charge in [0.1, 0.15) is 0 Å². The zero-order chi connectivity index (χ0) is 18.2. The van der Waals surface area contributed by atoms with Crippen molar-refractivity contribution in [3.05, 3.63) is 58.6 Å². The minimum Gasteiger partial charge on any atom is -0.493 e. The average molecular weight is 363 g/mol. The van der Waals surface area contributed by atoms with Crippen molar-refractivity contribution in [1.29, 1.82) is 0 Å². The summed E-state index contributed by atoms with van der Waals surface area (Å²) in [5, 5.41) is 6.48. The van der Waals surface area contributed by atoms with Gasteiger partial charge in [-0.3, -0.25) is 0 Å². The fourth-order valence-corrected chi connectivity index (χ4v) is 2.55. The molecule has 1 unspecified atom stereocenters. The zero-order valence-electron chi connectivity index (χ0n) is 14.6. The smallest absolute Gasteiger partial charge is 0.315 e. The van der Waals surface area contributed by atoms with E-state index in [4.69, 9.17) is 21.1 Å². The van der Waals surface area contributed by atoms with Crippen LogP contribution in [0.1, 0.15) is 24.1 Å². The Morgan fingerprint density at radius 2 is 1.76 bits per heavy atom. The van der Waals surface area contributed by atoms with Gasteiger partial charge in [-0.1, -0.05) is 29.8 Å². The molecule has 0 bridgehead atoms. The summed E-state index contributed by atoms with van der Waals surface area (Å²) in [5.74, 6) is 1.29. The monoisotopic (exact) mass is 362 g/mol. The molecule has 2 N–H and O–H groups in total. The Morgan fingerprint density at radius 1 is 1.08 bits per heavy atom. The largest absolute Gasteiger partial charge is 0.493 e. The van der Waals surface area contributed by atoms with Crippen LogP contribution in [-0.4, -0.2) is 26.8 Å². The third-order valence-corrected chi connectivity index (χ3v) is 4.12. The molecule has 0 aromatic heterocycles. The van der Waals surface area contributed by atoms with Gasteiger partial charge in [0, 0.05) is 11.6 Å². The van der Waals surface area contributed by atoms with Gasteiger partial charge in [0.2, 0.25) is 0 Å². The molecule has 0 heterocycles. The van der Waals surface area contributed by atoms with E-state index in [0.717, 1.165) is 17.5 Å². The molecule has 2 aromatic carbocycles. The van der Waals surface area contributed by atoms with Gasteiger partial charge in [0.15, 0.2) is 11.5 Å². The van der Waals surface area contributed by atoms with Crippen LogP contribution in [0.25, 0.3) is 0 Å². The van der Waals surface area contributed by atoms with Crippen LogP contribution < -0.4 is 20.1 Å². The highest BCUT2D eigenvalue weighted by Crippen LogP contribution is 2.29. The van der Waals surface area contributed by atoms with Crippen LogP contribution in [0.15, 0.2) is 42.5 Å². The molecule has 2 amide bonds. The van der Waals surface area contributed by atoms with Crippen molar-refractivity contribution in [2.75, 3.05) is 20.8 Å². The fraction of sp³-hybridized carbons (Fsp3) is 0.316. The Kier molecular flexibility index (Phi) is 6.95. The summed E-state index contributed by atoms with van der Waals surface area (Å²) >= 11 is 5.86. The lowest BCUT2D eigenvalue weighted by molar-refractivity contribution is 0.238.